The Labute approximate surface area is 136 Å². The van der Waals surface area contributed by atoms with Crippen LogP contribution in [-0.4, -0.2) is 34.1 Å². The third-order valence-electron chi connectivity index (χ3n) is 4.06. The highest BCUT2D eigenvalue weighted by atomic mass is 16.5. The van der Waals surface area contributed by atoms with Crippen LogP contribution in [0.5, 0.6) is 5.88 Å². The molecule has 1 aliphatic rings. The van der Waals surface area contributed by atoms with E-state index < -0.39 is 17.9 Å². The molecule has 1 aromatic rings. The molecular weight excluding hydrogens is 296 g/mol. The Morgan fingerprint density at radius 1 is 1.30 bits per heavy atom. The molecule has 1 saturated carbocycles. The van der Waals surface area contributed by atoms with Crippen LogP contribution in [0.15, 0.2) is 18.3 Å². The zero-order chi connectivity index (χ0) is 16.8. The van der Waals surface area contributed by atoms with Gasteiger partial charge in [-0.3, -0.25) is 4.79 Å². The van der Waals surface area contributed by atoms with Crippen molar-refractivity contribution in [2.24, 2.45) is 5.92 Å². The normalized spacial score (nSPS) is 16.8. The number of aromatic nitrogens is 1. The number of pyridine rings is 1. The van der Waals surface area contributed by atoms with E-state index in [0.29, 0.717) is 11.4 Å². The second-order valence-electron chi connectivity index (χ2n) is 6.29. The van der Waals surface area contributed by atoms with Crippen molar-refractivity contribution in [3.05, 3.63) is 23.9 Å². The van der Waals surface area contributed by atoms with Gasteiger partial charge < -0.3 is 15.2 Å². The number of nitrogens with one attached hydrogen (secondary N) is 1. The van der Waals surface area contributed by atoms with Gasteiger partial charge in [-0.1, -0.05) is 20.3 Å². The molecule has 0 radical (unpaired) electrons. The van der Waals surface area contributed by atoms with Gasteiger partial charge in [0.25, 0.3) is 5.91 Å². The van der Waals surface area contributed by atoms with Crippen LogP contribution >= 0.6 is 0 Å². The summed E-state index contributed by atoms with van der Waals surface area (Å²) in [6, 6.07) is 2.21. The molecule has 6 nitrogen and oxygen atoms in total. The summed E-state index contributed by atoms with van der Waals surface area (Å²) < 4.78 is 5.84. The van der Waals surface area contributed by atoms with Crippen LogP contribution in [0.2, 0.25) is 0 Å². The molecule has 1 heterocycles. The SMILES string of the molecule is CC(C)[C@H](NC(=O)c1ccnc(OC2CCCCC2)c1)C(=O)O. The predicted molar refractivity (Wildman–Crippen MR) is 85.5 cm³/mol. The molecule has 0 saturated heterocycles. The first-order valence-electron chi connectivity index (χ1n) is 8.13. The third kappa shape index (κ3) is 4.94. The number of ether oxygens (including phenoxy) is 1. The summed E-state index contributed by atoms with van der Waals surface area (Å²) in [6.45, 7) is 3.51. The van der Waals surface area contributed by atoms with E-state index >= 15 is 0 Å². The van der Waals surface area contributed by atoms with Gasteiger partial charge in [0, 0.05) is 17.8 Å². The molecule has 0 aliphatic heterocycles. The maximum absolute atomic E-state index is 12.3. The van der Waals surface area contributed by atoms with Gasteiger partial charge in [-0.15, -0.1) is 0 Å². The predicted octanol–water partition coefficient (Wildman–Crippen LogP) is 2.63. The van der Waals surface area contributed by atoms with Gasteiger partial charge >= 0.3 is 5.97 Å². The number of rotatable bonds is 6. The van der Waals surface area contributed by atoms with Crippen LogP contribution in [0.25, 0.3) is 0 Å². The minimum Gasteiger partial charge on any atom is -0.480 e. The molecule has 0 aromatic carbocycles. The van der Waals surface area contributed by atoms with Crippen molar-refractivity contribution in [2.75, 3.05) is 0 Å². The Morgan fingerprint density at radius 3 is 2.61 bits per heavy atom. The number of carboxylic acid groups (broad SMARTS) is 1. The zero-order valence-electron chi connectivity index (χ0n) is 13.6. The van der Waals surface area contributed by atoms with Crippen molar-refractivity contribution in [3.8, 4) is 5.88 Å². The molecule has 0 unspecified atom stereocenters. The molecule has 1 aliphatic carbocycles. The van der Waals surface area contributed by atoms with Crippen molar-refractivity contribution in [1.82, 2.24) is 10.3 Å². The van der Waals surface area contributed by atoms with E-state index in [1.165, 1.54) is 12.6 Å². The van der Waals surface area contributed by atoms with Gasteiger partial charge in [-0.05, 0) is 37.7 Å². The highest BCUT2D eigenvalue weighted by Crippen LogP contribution is 2.22. The van der Waals surface area contributed by atoms with E-state index in [0.717, 1.165) is 25.7 Å². The van der Waals surface area contributed by atoms with Crippen molar-refractivity contribution in [1.29, 1.82) is 0 Å². The summed E-state index contributed by atoms with van der Waals surface area (Å²) in [5.74, 6) is -1.25. The molecule has 1 amide bonds. The third-order valence-corrected chi connectivity index (χ3v) is 4.06. The largest absolute Gasteiger partial charge is 0.480 e. The van der Waals surface area contributed by atoms with Crippen molar-refractivity contribution < 1.29 is 19.4 Å². The molecule has 0 bridgehead atoms. The summed E-state index contributed by atoms with van der Waals surface area (Å²) in [7, 11) is 0. The number of hydrogen-bond acceptors (Lipinski definition) is 4. The lowest BCUT2D eigenvalue weighted by Crippen LogP contribution is -2.44. The molecule has 2 rings (SSSR count). The first kappa shape index (κ1) is 17.2. The Hall–Kier alpha value is -2.11. The number of hydrogen-bond donors (Lipinski definition) is 2. The van der Waals surface area contributed by atoms with Gasteiger partial charge in [0.15, 0.2) is 0 Å². The Balaban J connectivity index is 2.03. The molecule has 0 spiro atoms. The molecule has 1 atom stereocenters. The summed E-state index contributed by atoms with van der Waals surface area (Å²) in [5.41, 5.74) is 0.359. The second kappa shape index (κ2) is 7.94. The second-order valence-corrected chi connectivity index (χ2v) is 6.29. The van der Waals surface area contributed by atoms with E-state index in [1.807, 2.05) is 0 Å². The molecule has 6 heteroatoms. The van der Waals surface area contributed by atoms with E-state index in [4.69, 9.17) is 9.84 Å². The number of aliphatic carboxylic acids is 1. The lowest BCUT2D eigenvalue weighted by atomic mass is 9.98. The van der Waals surface area contributed by atoms with E-state index in [-0.39, 0.29) is 12.0 Å². The lowest BCUT2D eigenvalue weighted by Gasteiger charge is -2.22. The van der Waals surface area contributed by atoms with Crippen LogP contribution in [0.1, 0.15) is 56.3 Å². The maximum Gasteiger partial charge on any atom is 0.326 e. The maximum atomic E-state index is 12.3. The minimum absolute atomic E-state index is 0.150. The molecule has 126 valence electrons. The molecular formula is C17H24N2O4. The van der Waals surface area contributed by atoms with E-state index in [1.54, 1.807) is 26.0 Å². The van der Waals surface area contributed by atoms with Gasteiger partial charge in [-0.25, -0.2) is 9.78 Å². The van der Waals surface area contributed by atoms with E-state index in [9.17, 15) is 9.59 Å². The van der Waals surface area contributed by atoms with E-state index in [2.05, 4.69) is 10.3 Å². The van der Waals surface area contributed by atoms with Crippen molar-refractivity contribution in [3.63, 3.8) is 0 Å². The topological polar surface area (TPSA) is 88.5 Å². The fraction of sp³-hybridized carbons (Fsp3) is 0.588. The van der Waals surface area contributed by atoms with Crippen molar-refractivity contribution in [2.45, 2.75) is 58.1 Å². The van der Waals surface area contributed by atoms with Crippen LogP contribution in [0.4, 0.5) is 0 Å². The lowest BCUT2D eigenvalue weighted by molar-refractivity contribution is -0.140. The van der Waals surface area contributed by atoms with Crippen LogP contribution in [0, 0.1) is 5.92 Å². The van der Waals surface area contributed by atoms with Crippen LogP contribution in [-0.2, 0) is 4.79 Å². The number of carboxylic acids is 1. The Morgan fingerprint density at radius 2 is 2.00 bits per heavy atom. The first-order chi connectivity index (χ1) is 11.0. The van der Waals surface area contributed by atoms with Gasteiger partial charge in [0.05, 0.1) is 0 Å². The number of nitrogens with zero attached hydrogens (tertiary/aromatic N) is 1. The number of amides is 1. The fourth-order valence-electron chi connectivity index (χ4n) is 2.71. The van der Waals surface area contributed by atoms with Crippen LogP contribution < -0.4 is 10.1 Å². The number of carbonyl (C=O) groups is 2. The molecule has 1 aromatic heterocycles. The number of carbonyl (C=O) groups excluding carboxylic acids is 1. The monoisotopic (exact) mass is 320 g/mol. The average molecular weight is 320 g/mol. The standard InChI is InChI=1S/C17H24N2O4/c1-11(2)15(17(21)22)19-16(20)12-8-9-18-14(10-12)23-13-6-4-3-5-7-13/h8-11,13,15H,3-7H2,1-2H3,(H,19,20)(H,21,22)/t15-/m0/s1. The minimum atomic E-state index is -1.04. The fourth-order valence-corrected chi connectivity index (χ4v) is 2.71. The smallest absolute Gasteiger partial charge is 0.326 e. The quantitative estimate of drug-likeness (QED) is 0.841. The van der Waals surface area contributed by atoms with Crippen molar-refractivity contribution >= 4 is 11.9 Å². The van der Waals surface area contributed by atoms with Crippen LogP contribution in [0.3, 0.4) is 0 Å². The molecule has 2 N–H and O–H groups in total. The average Bonchev–Trinajstić information content (AvgIpc) is 2.53. The zero-order valence-corrected chi connectivity index (χ0v) is 13.6. The van der Waals surface area contributed by atoms with Gasteiger partial charge in [0.2, 0.25) is 5.88 Å². The van der Waals surface area contributed by atoms with Gasteiger partial charge in [-0.2, -0.15) is 0 Å². The summed E-state index contributed by atoms with van der Waals surface area (Å²) in [6.07, 6.45) is 7.22. The summed E-state index contributed by atoms with van der Waals surface area (Å²) in [5, 5.41) is 11.7. The highest BCUT2D eigenvalue weighted by Gasteiger charge is 2.24. The molecule has 1 fully saturated rings. The highest BCUT2D eigenvalue weighted by molar-refractivity contribution is 5.96. The Bertz CT molecular complexity index is 553. The summed E-state index contributed by atoms with van der Waals surface area (Å²) >= 11 is 0. The molecule has 23 heavy (non-hydrogen) atoms. The Kier molecular flexibility index (Phi) is 5.96. The van der Waals surface area contributed by atoms with Gasteiger partial charge in [0.1, 0.15) is 12.1 Å². The first-order valence-corrected chi connectivity index (χ1v) is 8.13. The summed E-state index contributed by atoms with van der Waals surface area (Å²) in [4.78, 5) is 27.6.